The number of benzene rings is 1. The van der Waals surface area contributed by atoms with E-state index in [4.69, 9.17) is 0 Å². The van der Waals surface area contributed by atoms with Gasteiger partial charge in [-0.05, 0) is 49.8 Å². The molecule has 0 N–H and O–H groups in total. The molecule has 1 aliphatic carbocycles. The lowest BCUT2D eigenvalue weighted by atomic mass is 10.0. The molecule has 0 aromatic heterocycles. The van der Waals surface area contributed by atoms with Crippen LogP contribution in [0.3, 0.4) is 0 Å². The molecule has 1 saturated carbocycles. The topological polar surface area (TPSA) is 37.4 Å². The van der Waals surface area contributed by atoms with E-state index in [0.29, 0.717) is 18.0 Å². The van der Waals surface area contributed by atoms with Crippen LogP contribution in [0.1, 0.15) is 34.3 Å². The van der Waals surface area contributed by atoms with Crippen molar-refractivity contribution in [3.63, 3.8) is 0 Å². The Morgan fingerprint density at radius 1 is 1.24 bits per heavy atom. The van der Waals surface area contributed by atoms with Crippen molar-refractivity contribution in [2.75, 3.05) is 11.4 Å². The number of nitrogens with zero attached hydrogens (tertiary/aromatic N) is 1. The number of hydrogen-bond acceptors (Lipinski definition) is 2. The number of ketones is 1. The van der Waals surface area contributed by atoms with Crippen molar-refractivity contribution in [2.45, 2.75) is 26.7 Å². The second kappa shape index (κ2) is 3.42. The average Bonchev–Trinajstić information content (AvgIpc) is 3.04. The molecule has 2 aliphatic rings. The minimum atomic E-state index is -0.347. The van der Waals surface area contributed by atoms with E-state index in [1.54, 1.807) is 4.90 Å². The molecule has 3 nitrogen and oxygen atoms in total. The molecule has 1 aliphatic heterocycles. The lowest BCUT2D eigenvalue weighted by Gasteiger charge is -2.18. The number of hydrogen-bond donors (Lipinski definition) is 0. The predicted octanol–water partition coefficient (Wildman–Crippen LogP) is 2.24. The average molecular weight is 229 g/mol. The van der Waals surface area contributed by atoms with Crippen LogP contribution in [0.4, 0.5) is 5.69 Å². The first-order chi connectivity index (χ1) is 8.08. The summed E-state index contributed by atoms with van der Waals surface area (Å²) in [4.78, 5) is 25.6. The minimum absolute atomic E-state index is 0.340. The molecule has 0 bridgehead atoms. The van der Waals surface area contributed by atoms with Crippen molar-refractivity contribution >= 4 is 17.4 Å². The quantitative estimate of drug-likeness (QED) is 0.729. The van der Waals surface area contributed by atoms with Crippen LogP contribution in [0, 0.1) is 19.8 Å². The summed E-state index contributed by atoms with van der Waals surface area (Å²) in [5.74, 6) is -0.0912. The highest BCUT2D eigenvalue weighted by atomic mass is 16.2. The lowest BCUT2D eigenvalue weighted by molar-refractivity contribution is -0.114. The van der Waals surface area contributed by atoms with Crippen LogP contribution in [0.2, 0.25) is 0 Å². The molecule has 1 heterocycles. The van der Waals surface area contributed by atoms with Gasteiger partial charge in [-0.2, -0.15) is 0 Å². The largest absolute Gasteiger partial charge is 0.304 e. The second-order valence-electron chi connectivity index (χ2n) is 5.17. The Labute approximate surface area is 100 Å². The minimum Gasteiger partial charge on any atom is -0.304 e. The van der Waals surface area contributed by atoms with Crippen molar-refractivity contribution in [1.82, 2.24) is 0 Å². The second-order valence-corrected chi connectivity index (χ2v) is 5.17. The maximum atomic E-state index is 12.0. The molecule has 1 aromatic carbocycles. The van der Waals surface area contributed by atoms with E-state index in [1.165, 1.54) is 12.8 Å². The summed E-state index contributed by atoms with van der Waals surface area (Å²) in [6, 6.07) is 3.86. The Hall–Kier alpha value is -1.64. The summed E-state index contributed by atoms with van der Waals surface area (Å²) in [5.41, 5.74) is 3.50. The molecule has 1 amide bonds. The van der Waals surface area contributed by atoms with Crippen molar-refractivity contribution in [3.05, 3.63) is 28.8 Å². The Kier molecular flexibility index (Phi) is 2.12. The third kappa shape index (κ3) is 1.57. The molecule has 0 atom stereocenters. The molecule has 1 fully saturated rings. The third-order valence-electron chi connectivity index (χ3n) is 3.54. The van der Waals surface area contributed by atoms with Gasteiger partial charge in [0.15, 0.2) is 0 Å². The molecule has 3 heteroatoms. The van der Waals surface area contributed by atoms with Gasteiger partial charge in [0.25, 0.3) is 11.7 Å². The molecular formula is C14H15NO2. The Morgan fingerprint density at radius 2 is 1.94 bits per heavy atom. The summed E-state index contributed by atoms with van der Waals surface area (Å²) < 4.78 is 0. The summed E-state index contributed by atoms with van der Waals surface area (Å²) in [6.07, 6.45) is 2.36. The van der Waals surface area contributed by atoms with Crippen LogP contribution >= 0.6 is 0 Å². The van der Waals surface area contributed by atoms with Gasteiger partial charge in [0.2, 0.25) is 0 Å². The van der Waals surface area contributed by atoms with E-state index in [0.717, 1.165) is 16.8 Å². The van der Waals surface area contributed by atoms with Crippen LogP contribution in [0.25, 0.3) is 0 Å². The fraction of sp³-hybridized carbons (Fsp3) is 0.429. The van der Waals surface area contributed by atoms with Crippen LogP contribution in [0.5, 0.6) is 0 Å². The first kappa shape index (κ1) is 10.5. The summed E-state index contributed by atoms with van der Waals surface area (Å²) >= 11 is 0. The Morgan fingerprint density at radius 3 is 2.59 bits per heavy atom. The van der Waals surface area contributed by atoms with Gasteiger partial charge in [-0.15, -0.1) is 0 Å². The van der Waals surface area contributed by atoms with E-state index in [1.807, 2.05) is 26.0 Å². The number of rotatable bonds is 2. The van der Waals surface area contributed by atoms with Crippen molar-refractivity contribution in [1.29, 1.82) is 0 Å². The zero-order valence-corrected chi connectivity index (χ0v) is 10.1. The van der Waals surface area contributed by atoms with Gasteiger partial charge in [-0.3, -0.25) is 9.59 Å². The van der Waals surface area contributed by atoms with Gasteiger partial charge in [0.1, 0.15) is 0 Å². The number of carbonyl (C=O) groups is 2. The molecule has 3 rings (SSSR count). The molecule has 0 unspecified atom stereocenters. The third-order valence-corrected chi connectivity index (χ3v) is 3.54. The van der Waals surface area contributed by atoms with Crippen molar-refractivity contribution in [3.8, 4) is 0 Å². The number of fused-ring (bicyclic) bond motifs is 1. The highest BCUT2D eigenvalue weighted by Gasteiger charge is 2.39. The van der Waals surface area contributed by atoms with Crippen LogP contribution in [-0.4, -0.2) is 18.2 Å². The first-order valence-corrected chi connectivity index (χ1v) is 6.05. The monoisotopic (exact) mass is 229 g/mol. The van der Waals surface area contributed by atoms with Crippen LogP contribution in [0.15, 0.2) is 12.1 Å². The van der Waals surface area contributed by atoms with E-state index in [2.05, 4.69) is 0 Å². The fourth-order valence-corrected chi connectivity index (χ4v) is 2.56. The van der Waals surface area contributed by atoms with Gasteiger partial charge < -0.3 is 4.90 Å². The molecule has 1 aromatic rings. The Bertz CT molecular complexity index is 529. The molecule has 0 saturated heterocycles. The molecular weight excluding hydrogens is 214 g/mol. The van der Waals surface area contributed by atoms with Crippen LogP contribution < -0.4 is 4.90 Å². The maximum absolute atomic E-state index is 12.0. The SMILES string of the molecule is Cc1cc(C)c2c(c1)C(=O)C(=O)N2CC1CC1. The molecule has 88 valence electrons. The fourth-order valence-electron chi connectivity index (χ4n) is 2.56. The highest BCUT2D eigenvalue weighted by Crippen LogP contribution is 2.38. The number of carbonyl (C=O) groups excluding carboxylic acids is 2. The lowest BCUT2D eigenvalue weighted by Crippen LogP contribution is -2.31. The smallest absolute Gasteiger partial charge is 0.299 e. The first-order valence-electron chi connectivity index (χ1n) is 6.05. The summed E-state index contributed by atoms with van der Waals surface area (Å²) in [7, 11) is 0. The van der Waals surface area contributed by atoms with Gasteiger partial charge in [0.05, 0.1) is 11.3 Å². The standard InChI is InChI=1S/C14H15NO2/c1-8-5-9(2)12-11(6-8)13(16)14(17)15(12)7-10-3-4-10/h5-6,10H,3-4,7H2,1-2H3. The normalized spacial score (nSPS) is 18.8. The number of aryl methyl sites for hydroxylation is 2. The summed E-state index contributed by atoms with van der Waals surface area (Å²) in [6.45, 7) is 4.63. The Balaban J connectivity index is 2.10. The van der Waals surface area contributed by atoms with Gasteiger partial charge in [-0.25, -0.2) is 0 Å². The van der Waals surface area contributed by atoms with E-state index in [9.17, 15) is 9.59 Å². The maximum Gasteiger partial charge on any atom is 0.299 e. The number of amides is 1. The van der Waals surface area contributed by atoms with Crippen molar-refractivity contribution in [2.24, 2.45) is 5.92 Å². The molecule has 0 spiro atoms. The van der Waals surface area contributed by atoms with Gasteiger partial charge in [0, 0.05) is 6.54 Å². The molecule has 17 heavy (non-hydrogen) atoms. The predicted molar refractivity (Wildman–Crippen MR) is 65.3 cm³/mol. The van der Waals surface area contributed by atoms with Crippen molar-refractivity contribution < 1.29 is 9.59 Å². The number of anilines is 1. The van der Waals surface area contributed by atoms with E-state index >= 15 is 0 Å². The van der Waals surface area contributed by atoms with Gasteiger partial charge in [-0.1, -0.05) is 6.07 Å². The van der Waals surface area contributed by atoms with Crippen LogP contribution in [-0.2, 0) is 4.79 Å². The summed E-state index contributed by atoms with van der Waals surface area (Å²) in [5, 5.41) is 0. The zero-order valence-electron chi connectivity index (χ0n) is 10.1. The zero-order chi connectivity index (χ0) is 12.2. The van der Waals surface area contributed by atoms with E-state index in [-0.39, 0.29) is 11.7 Å². The van der Waals surface area contributed by atoms with E-state index < -0.39 is 0 Å². The molecule has 0 radical (unpaired) electrons. The number of Topliss-reactive ketones (excluding diaryl/α,β-unsaturated/α-hetero) is 1. The van der Waals surface area contributed by atoms with Gasteiger partial charge >= 0.3 is 0 Å². The highest BCUT2D eigenvalue weighted by molar-refractivity contribution is 6.52.